The predicted octanol–water partition coefficient (Wildman–Crippen LogP) is -1.49. The van der Waals surface area contributed by atoms with Crippen molar-refractivity contribution in [3.63, 3.8) is 0 Å². The molecule has 0 aromatic rings. The van der Waals surface area contributed by atoms with E-state index in [4.69, 9.17) is 17.5 Å². The van der Waals surface area contributed by atoms with Crippen LogP contribution in [0.3, 0.4) is 0 Å². The van der Waals surface area contributed by atoms with Gasteiger partial charge >= 0.3 is 29.3 Å². The van der Waals surface area contributed by atoms with Gasteiger partial charge in [0.05, 0.1) is 0 Å². The summed E-state index contributed by atoms with van der Waals surface area (Å²) in [6.07, 6.45) is 0. The molecular weight excluding hydrogens is 191 g/mol. The van der Waals surface area contributed by atoms with Gasteiger partial charge in [-0.25, -0.2) is 0 Å². The molecule has 0 aliphatic heterocycles. The Hall–Kier alpha value is 0.684. The first-order chi connectivity index (χ1) is 4.56. The quantitative estimate of drug-likeness (QED) is 0.311. The second kappa shape index (κ2) is 7.12. The maximum Gasteiger partial charge on any atom is 1.00 e. The zero-order chi connectivity index (χ0) is 9.71. The van der Waals surface area contributed by atoms with Crippen LogP contribution in [-0.4, -0.2) is 25.6 Å². The van der Waals surface area contributed by atoms with E-state index in [1.54, 1.807) is 0 Å². The second-order valence-corrected chi connectivity index (χ2v) is 9.78. The van der Waals surface area contributed by atoms with Crippen molar-refractivity contribution in [3.8, 4) is 0 Å². The summed E-state index contributed by atoms with van der Waals surface area (Å²) in [5, 5.41) is 0. The average Bonchev–Trinajstić information content (AvgIpc) is 1.59. The summed E-state index contributed by atoms with van der Waals surface area (Å²) in [4.78, 5) is 0. The summed E-state index contributed by atoms with van der Waals surface area (Å²) in [6, 6.07) is 1.16. The van der Waals surface area contributed by atoms with Crippen LogP contribution in [0, 0.1) is 6.92 Å². The Bertz CT molecular complexity index is 176. The van der Waals surface area contributed by atoms with E-state index in [9.17, 15) is 0 Å². The molecule has 0 spiro atoms. The zero-order valence-corrected chi connectivity index (χ0v) is 9.85. The van der Waals surface area contributed by atoms with Gasteiger partial charge in [-0.05, 0) is 0 Å². The van der Waals surface area contributed by atoms with Crippen LogP contribution in [0.2, 0.25) is 25.7 Å². The van der Waals surface area contributed by atoms with Crippen LogP contribution in [-0.2, 0) is 10.4 Å². The van der Waals surface area contributed by atoms with Crippen LogP contribution in [0.25, 0.3) is 0 Å². The molecule has 0 aromatic carbocycles. The Kier molecular flexibility index (Phi) is 11.0. The van der Waals surface area contributed by atoms with Crippen molar-refractivity contribution >= 4 is 18.5 Å². The van der Waals surface area contributed by atoms with E-state index in [2.05, 4.69) is 26.6 Å². The summed E-state index contributed by atoms with van der Waals surface area (Å²) in [7, 11) is -5.41. The minimum Gasteiger partial charge on any atom is -0.346 e. The molecule has 0 bridgehead atoms. The van der Waals surface area contributed by atoms with Crippen LogP contribution < -0.4 is 18.9 Å². The normalized spacial score (nSPS) is 10.8. The summed E-state index contributed by atoms with van der Waals surface area (Å²) in [6.45, 7) is 10.8. The molecule has 0 amide bonds. The van der Waals surface area contributed by atoms with Crippen molar-refractivity contribution < 1.29 is 36.4 Å². The maximum absolute atomic E-state index is 8.74. The van der Waals surface area contributed by atoms with Crippen molar-refractivity contribution in [3.05, 3.63) is 6.92 Å². The van der Waals surface area contributed by atoms with Crippen LogP contribution >= 0.6 is 0 Å². The summed E-state index contributed by atoms with van der Waals surface area (Å²) in [5.74, 6) is 0. The summed E-state index contributed by atoms with van der Waals surface area (Å²) in [5.41, 5.74) is 0. The number of hydrogen-bond donors (Lipinski definition) is 2. The van der Waals surface area contributed by atoms with Gasteiger partial charge in [0.25, 0.3) is 0 Å². The molecule has 7 heteroatoms. The van der Waals surface area contributed by atoms with Gasteiger partial charge < -0.3 is 6.92 Å². The molecule has 0 aliphatic carbocycles. The minimum absolute atomic E-state index is 0. The van der Waals surface area contributed by atoms with E-state index in [0.717, 1.165) is 6.04 Å². The molecule has 12 heavy (non-hydrogen) atoms. The van der Waals surface area contributed by atoms with Crippen LogP contribution in [0.1, 0.15) is 0 Å². The fourth-order valence-corrected chi connectivity index (χ4v) is 0. The maximum atomic E-state index is 8.74. The van der Waals surface area contributed by atoms with Gasteiger partial charge in [0.1, 0.15) is 0 Å². The molecule has 0 saturated carbocycles. The molecule has 0 radical (unpaired) electrons. The summed E-state index contributed by atoms with van der Waals surface area (Å²) < 4.78 is 31.6. The number of rotatable bonds is 1. The summed E-state index contributed by atoms with van der Waals surface area (Å²) >= 11 is 0. The third-order valence-corrected chi connectivity index (χ3v) is 2.25. The first-order valence-corrected chi connectivity index (χ1v) is 8.16. The molecule has 0 saturated heterocycles. The van der Waals surface area contributed by atoms with Crippen molar-refractivity contribution in [2.75, 3.05) is 0 Å². The predicted molar refractivity (Wildman–Crippen MR) is 47.7 cm³/mol. The fourth-order valence-electron chi connectivity index (χ4n) is 0. The van der Waals surface area contributed by atoms with Crippen molar-refractivity contribution in [1.82, 2.24) is 0 Å². The Morgan fingerprint density at radius 2 is 1.33 bits per heavy atom. The third-order valence-electron chi connectivity index (χ3n) is 0.750. The first-order valence-electron chi connectivity index (χ1n) is 3.05. The van der Waals surface area contributed by atoms with Gasteiger partial charge in [-0.3, -0.25) is 9.11 Å². The molecular formula is C5H15LiO4SSi. The largest absolute Gasteiger partial charge is 1.00 e. The molecule has 0 aromatic heterocycles. The Morgan fingerprint density at radius 1 is 1.25 bits per heavy atom. The van der Waals surface area contributed by atoms with E-state index < -0.39 is 18.5 Å². The SMILES string of the molecule is O=S(=O)(O)O.[CH2-]C[Si](C)(C)C.[Li+]. The molecule has 0 atom stereocenters. The molecule has 0 rings (SSSR count). The van der Waals surface area contributed by atoms with Crippen LogP contribution in [0.5, 0.6) is 0 Å². The second-order valence-electron chi connectivity index (χ2n) is 3.26. The van der Waals surface area contributed by atoms with Gasteiger partial charge in [0.15, 0.2) is 0 Å². The standard InChI is InChI=1S/C5H13Si.Li.H2O4S/c1-5-6(2,3)4;;1-5(2,3)4/h1,5H2,2-4H3;;(H2,1,2,3,4)/q-1;+1;. The topological polar surface area (TPSA) is 74.6 Å². The van der Waals surface area contributed by atoms with E-state index in [-0.39, 0.29) is 18.9 Å². The van der Waals surface area contributed by atoms with E-state index in [1.807, 2.05) is 0 Å². The molecule has 0 heterocycles. The van der Waals surface area contributed by atoms with Gasteiger partial charge in [-0.1, -0.05) is 19.6 Å². The Morgan fingerprint density at radius 3 is 1.33 bits per heavy atom. The molecule has 0 fully saturated rings. The Labute approximate surface area is 87.5 Å². The van der Waals surface area contributed by atoms with Crippen molar-refractivity contribution in [2.45, 2.75) is 25.7 Å². The minimum atomic E-state index is -4.67. The molecule has 2 N–H and O–H groups in total. The van der Waals surface area contributed by atoms with Crippen molar-refractivity contribution in [1.29, 1.82) is 0 Å². The first kappa shape index (κ1) is 18.5. The van der Waals surface area contributed by atoms with Gasteiger partial charge in [-0.15, -0.1) is 0 Å². The fraction of sp³-hybridized carbons (Fsp3) is 0.800. The molecule has 0 unspecified atom stereocenters. The van der Waals surface area contributed by atoms with Gasteiger partial charge in [0.2, 0.25) is 0 Å². The third kappa shape index (κ3) is 73.8. The van der Waals surface area contributed by atoms with E-state index >= 15 is 0 Å². The zero-order valence-electron chi connectivity index (χ0n) is 8.03. The van der Waals surface area contributed by atoms with E-state index in [0.29, 0.717) is 0 Å². The van der Waals surface area contributed by atoms with Gasteiger partial charge in [-0.2, -0.15) is 14.5 Å². The van der Waals surface area contributed by atoms with Crippen LogP contribution in [0.15, 0.2) is 0 Å². The molecule has 0 aliphatic rings. The average molecular weight is 206 g/mol. The Balaban J connectivity index is -0.000000126. The van der Waals surface area contributed by atoms with Gasteiger partial charge in [0, 0.05) is 8.07 Å². The molecule has 4 nitrogen and oxygen atoms in total. The number of hydrogen-bond acceptors (Lipinski definition) is 2. The molecule has 70 valence electrons. The van der Waals surface area contributed by atoms with Crippen LogP contribution in [0.4, 0.5) is 0 Å². The smallest absolute Gasteiger partial charge is 0.346 e. The van der Waals surface area contributed by atoms with E-state index in [1.165, 1.54) is 0 Å². The van der Waals surface area contributed by atoms with Crippen molar-refractivity contribution in [2.24, 2.45) is 0 Å². The monoisotopic (exact) mass is 206 g/mol.